The predicted octanol–water partition coefficient (Wildman–Crippen LogP) is 2.14. The Morgan fingerprint density at radius 1 is 1.11 bits per heavy atom. The maximum Gasteiger partial charge on any atom is 0.250 e. The van der Waals surface area contributed by atoms with Gasteiger partial charge in [0.1, 0.15) is 11.6 Å². The van der Waals surface area contributed by atoms with Crippen LogP contribution in [0, 0.1) is 11.8 Å². The van der Waals surface area contributed by atoms with Crippen LogP contribution in [0.2, 0.25) is 0 Å². The van der Waals surface area contributed by atoms with Crippen molar-refractivity contribution in [3.8, 4) is 0 Å². The maximum atomic E-state index is 13.8. The number of ether oxygens (including phenoxy) is 1. The third kappa shape index (κ3) is 4.59. The Bertz CT molecular complexity index is 950. The van der Waals surface area contributed by atoms with Gasteiger partial charge in [0.05, 0.1) is 17.9 Å². The van der Waals surface area contributed by atoms with Crippen molar-refractivity contribution in [2.75, 3.05) is 43.5 Å². The summed E-state index contributed by atoms with van der Waals surface area (Å²) in [6, 6.07) is 6.96. The number of amides is 3. The van der Waals surface area contributed by atoms with Crippen molar-refractivity contribution >= 4 is 29.1 Å². The molecular weight excluding hydrogens is 460 g/mol. The number of unbranched alkanes of at least 4 members (excludes halogenated alkanes) is 3. The van der Waals surface area contributed by atoms with Gasteiger partial charge in [-0.05, 0) is 63.8 Å². The second-order valence-electron chi connectivity index (χ2n) is 10.0. The Balaban J connectivity index is 1.57. The van der Waals surface area contributed by atoms with Crippen LogP contribution in [-0.2, 0) is 19.1 Å². The molecule has 198 valence electrons. The minimum absolute atomic E-state index is 0.148. The SMILES string of the molecule is CCN(CC)c1ccc(NC(=O)C2N(CCCCCCO)C(=O)[C@@H]3[C@H](C(=O)NC)[C@@H]4CCC23O4)cc1. The molecule has 9 nitrogen and oxygen atoms in total. The number of carbonyl (C=O) groups is 3. The van der Waals surface area contributed by atoms with Crippen molar-refractivity contribution < 1.29 is 24.2 Å². The fraction of sp³-hybridized carbons (Fsp3) is 0.667. The van der Waals surface area contributed by atoms with Crippen molar-refractivity contribution in [2.24, 2.45) is 11.8 Å². The van der Waals surface area contributed by atoms with Crippen LogP contribution in [0.4, 0.5) is 11.4 Å². The van der Waals surface area contributed by atoms with Gasteiger partial charge in [-0.15, -0.1) is 0 Å². The van der Waals surface area contributed by atoms with E-state index >= 15 is 0 Å². The van der Waals surface area contributed by atoms with Crippen LogP contribution in [-0.4, -0.2) is 78.8 Å². The topological polar surface area (TPSA) is 111 Å². The van der Waals surface area contributed by atoms with Gasteiger partial charge >= 0.3 is 0 Å². The van der Waals surface area contributed by atoms with Gasteiger partial charge in [0, 0.05) is 44.7 Å². The Kier molecular flexibility index (Phi) is 8.20. The first-order valence-electron chi connectivity index (χ1n) is 13.4. The molecule has 1 aromatic rings. The molecular formula is C27H40N4O5. The number of hydrogen-bond donors (Lipinski definition) is 3. The first-order chi connectivity index (χ1) is 17.4. The number of nitrogens with one attached hydrogen (secondary N) is 2. The molecule has 3 amide bonds. The fourth-order valence-electron chi connectivity index (χ4n) is 6.46. The second-order valence-corrected chi connectivity index (χ2v) is 10.0. The van der Waals surface area contributed by atoms with Gasteiger partial charge in [-0.25, -0.2) is 0 Å². The summed E-state index contributed by atoms with van der Waals surface area (Å²) in [4.78, 5) is 44.1. The molecule has 3 fully saturated rings. The minimum Gasteiger partial charge on any atom is -0.396 e. The van der Waals surface area contributed by atoms with Crippen molar-refractivity contribution in [3.05, 3.63) is 24.3 Å². The highest BCUT2D eigenvalue weighted by atomic mass is 16.5. The zero-order valence-corrected chi connectivity index (χ0v) is 21.7. The third-order valence-corrected chi connectivity index (χ3v) is 8.17. The van der Waals surface area contributed by atoms with E-state index in [1.807, 2.05) is 24.3 Å². The summed E-state index contributed by atoms with van der Waals surface area (Å²) in [5.41, 5.74) is 0.778. The number of anilines is 2. The molecule has 3 aliphatic heterocycles. The molecule has 2 bridgehead atoms. The Hall–Kier alpha value is -2.65. The van der Waals surface area contributed by atoms with E-state index in [9.17, 15) is 14.4 Å². The fourth-order valence-corrected chi connectivity index (χ4v) is 6.46. The lowest BCUT2D eigenvalue weighted by atomic mass is 9.70. The number of benzene rings is 1. The minimum atomic E-state index is -0.977. The van der Waals surface area contributed by atoms with Crippen LogP contribution in [0.5, 0.6) is 0 Å². The van der Waals surface area contributed by atoms with Gasteiger partial charge in [-0.3, -0.25) is 14.4 Å². The first kappa shape index (κ1) is 26.4. The van der Waals surface area contributed by atoms with E-state index in [2.05, 4.69) is 29.4 Å². The molecule has 3 saturated heterocycles. The highest BCUT2D eigenvalue weighted by Gasteiger charge is 2.74. The van der Waals surface area contributed by atoms with Crippen molar-refractivity contribution in [2.45, 2.75) is 70.1 Å². The molecule has 0 aliphatic carbocycles. The standard InChI is InChI=1S/C27H40N4O5/c1-4-30(5-2)19-12-10-18(11-13-19)29-25(34)23-27-15-14-20(36-27)21(24(33)28-3)22(27)26(35)31(23)16-8-6-7-9-17-32/h10-13,20-23,32H,4-9,14-17H2,1-3H3,(H,28,33)(H,29,34)/t20-,21+,22-,23?,27?/m0/s1. The monoisotopic (exact) mass is 500 g/mol. The largest absolute Gasteiger partial charge is 0.396 e. The summed E-state index contributed by atoms with van der Waals surface area (Å²) in [6.45, 7) is 6.58. The van der Waals surface area contributed by atoms with E-state index in [1.54, 1.807) is 11.9 Å². The van der Waals surface area contributed by atoms with Gasteiger partial charge < -0.3 is 30.3 Å². The van der Waals surface area contributed by atoms with E-state index in [-0.39, 0.29) is 30.4 Å². The number of likely N-dealkylation sites (tertiary alicyclic amines) is 1. The highest BCUT2D eigenvalue weighted by Crippen LogP contribution is 2.58. The van der Waals surface area contributed by atoms with Crippen LogP contribution < -0.4 is 15.5 Å². The molecule has 9 heteroatoms. The lowest BCUT2D eigenvalue weighted by molar-refractivity contribution is -0.140. The molecule has 1 aromatic carbocycles. The van der Waals surface area contributed by atoms with Crippen molar-refractivity contribution in [1.29, 1.82) is 0 Å². The summed E-state index contributed by atoms with van der Waals surface area (Å²) in [7, 11) is 1.57. The summed E-state index contributed by atoms with van der Waals surface area (Å²) < 4.78 is 6.39. The Morgan fingerprint density at radius 3 is 2.44 bits per heavy atom. The summed E-state index contributed by atoms with van der Waals surface area (Å²) in [6.07, 6.45) is 4.07. The van der Waals surface area contributed by atoms with E-state index in [1.165, 1.54) is 0 Å². The zero-order valence-electron chi connectivity index (χ0n) is 21.7. The van der Waals surface area contributed by atoms with Gasteiger partial charge in [-0.1, -0.05) is 12.8 Å². The number of aliphatic hydroxyl groups is 1. The van der Waals surface area contributed by atoms with Crippen LogP contribution >= 0.6 is 0 Å². The van der Waals surface area contributed by atoms with Gasteiger partial charge in [-0.2, -0.15) is 0 Å². The molecule has 0 aromatic heterocycles. The molecule has 3 N–H and O–H groups in total. The van der Waals surface area contributed by atoms with Crippen LogP contribution in [0.1, 0.15) is 52.4 Å². The average Bonchev–Trinajstić information content (AvgIpc) is 3.52. The Labute approximate surface area is 213 Å². The van der Waals surface area contributed by atoms with Crippen molar-refractivity contribution in [1.82, 2.24) is 10.2 Å². The summed E-state index contributed by atoms with van der Waals surface area (Å²) in [5, 5.41) is 14.8. The van der Waals surface area contributed by atoms with E-state index in [4.69, 9.17) is 9.84 Å². The zero-order chi connectivity index (χ0) is 25.9. The molecule has 1 spiro atoms. The van der Waals surface area contributed by atoms with Crippen molar-refractivity contribution in [3.63, 3.8) is 0 Å². The van der Waals surface area contributed by atoms with Crippen LogP contribution in [0.3, 0.4) is 0 Å². The molecule has 3 aliphatic rings. The molecule has 0 saturated carbocycles. The molecule has 2 unspecified atom stereocenters. The Morgan fingerprint density at radius 2 is 1.81 bits per heavy atom. The van der Waals surface area contributed by atoms with Gasteiger partial charge in [0.15, 0.2) is 0 Å². The molecule has 4 rings (SSSR count). The first-order valence-corrected chi connectivity index (χ1v) is 13.4. The van der Waals surface area contributed by atoms with Gasteiger partial charge in [0.2, 0.25) is 17.7 Å². The number of carbonyl (C=O) groups excluding carboxylic acids is 3. The molecule has 36 heavy (non-hydrogen) atoms. The summed E-state index contributed by atoms with van der Waals surface area (Å²) in [5.74, 6) is -1.84. The lowest BCUT2D eigenvalue weighted by Crippen LogP contribution is -2.53. The van der Waals surface area contributed by atoms with Crippen LogP contribution in [0.15, 0.2) is 24.3 Å². The quantitative estimate of drug-likeness (QED) is 0.379. The predicted molar refractivity (Wildman–Crippen MR) is 138 cm³/mol. The third-order valence-electron chi connectivity index (χ3n) is 8.17. The summed E-state index contributed by atoms with van der Waals surface area (Å²) >= 11 is 0. The molecule has 0 radical (unpaired) electrons. The van der Waals surface area contributed by atoms with Gasteiger partial charge in [0.25, 0.3) is 0 Å². The maximum absolute atomic E-state index is 13.8. The second kappa shape index (κ2) is 11.2. The average molecular weight is 501 g/mol. The number of hydrogen-bond acceptors (Lipinski definition) is 6. The molecule has 3 heterocycles. The normalized spacial score (nSPS) is 28.3. The molecule has 5 atom stereocenters. The lowest BCUT2D eigenvalue weighted by Gasteiger charge is -2.33. The van der Waals surface area contributed by atoms with E-state index in [0.29, 0.717) is 25.1 Å². The van der Waals surface area contributed by atoms with Crippen LogP contribution in [0.25, 0.3) is 0 Å². The highest BCUT2D eigenvalue weighted by molar-refractivity contribution is 6.03. The van der Waals surface area contributed by atoms with E-state index < -0.39 is 23.5 Å². The number of aliphatic hydroxyl groups excluding tert-OH is 1. The number of fused-ring (bicyclic) bond motifs is 1. The van der Waals surface area contributed by atoms with E-state index in [0.717, 1.165) is 44.5 Å². The number of rotatable bonds is 12. The number of nitrogens with zero attached hydrogens (tertiary/aromatic N) is 2. The smallest absolute Gasteiger partial charge is 0.250 e.